The Bertz CT molecular complexity index is 204. The molecule has 0 saturated carbocycles. The Hall–Kier alpha value is -0.830. The van der Waals surface area contributed by atoms with Crippen LogP contribution in [0.1, 0.15) is 20.3 Å². The Morgan fingerprint density at radius 3 is 2.67 bits per heavy atom. The molecule has 1 heterocycles. The molecule has 1 rings (SSSR count). The molecule has 12 heavy (non-hydrogen) atoms. The van der Waals surface area contributed by atoms with Gasteiger partial charge in [-0.15, -0.1) is 0 Å². The summed E-state index contributed by atoms with van der Waals surface area (Å²) in [5.74, 6) is -0.335. The van der Waals surface area contributed by atoms with E-state index in [0.29, 0.717) is 18.8 Å². The predicted molar refractivity (Wildman–Crippen MR) is 44.7 cm³/mol. The second-order valence-corrected chi connectivity index (χ2v) is 3.18. The van der Waals surface area contributed by atoms with Crippen LogP contribution >= 0.6 is 0 Å². The lowest BCUT2D eigenvalue weighted by molar-refractivity contribution is -0.140. The minimum Gasteiger partial charge on any atom is -0.459 e. The molecule has 0 aliphatic carbocycles. The summed E-state index contributed by atoms with van der Waals surface area (Å²) in [6.45, 7) is 8.19. The van der Waals surface area contributed by atoms with Crippen molar-refractivity contribution < 1.29 is 14.3 Å². The van der Waals surface area contributed by atoms with Gasteiger partial charge in [0.15, 0.2) is 0 Å². The lowest BCUT2D eigenvalue weighted by Gasteiger charge is -2.09. The minimum absolute atomic E-state index is 0.175. The van der Waals surface area contributed by atoms with Crippen molar-refractivity contribution in [2.75, 3.05) is 13.2 Å². The number of carbonyl (C=O) groups excluding carboxylic acids is 1. The Morgan fingerprint density at radius 2 is 2.33 bits per heavy atom. The van der Waals surface area contributed by atoms with Crippen molar-refractivity contribution in [1.82, 2.24) is 0 Å². The van der Waals surface area contributed by atoms with E-state index in [1.54, 1.807) is 6.92 Å². The average Bonchev–Trinajstić information content (AvgIpc) is 2.81. The maximum atomic E-state index is 11.0. The van der Waals surface area contributed by atoms with Gasteiger partial charge in [0.25, 0.3) is 0 Å². The van der Waals surface area contributed by atoms with Crippen LogP contribution in [0.5, 0.6) is 0 Å². The predicted octanol–water partition coefficient (Wildman–Crippen LogP) is 1.28. The van der Waals surface area contributed by atoms with Crippen molar-refractivity contribution in [2.45, 2.75) is 25.9 Å². The standard InChI is InChI=1S/C9H14O3/c1-4-9(6-12-9)5-11-8(10)7(2)3/h2,4-6H2,1,3H3. The van der Waals surface area contributed by atoms with E-state index in [1.807, 2.05) is 6.92 Å². The zero-order valence-electron chi connectivity index (χ0n) is 7.55. The molecule has 1 saturated heterocycles. The van der Waals surface area contributed by atoms with Crippen LogP contribution in [0.4, 0.5) is 0 Å². The number of ether oxygens (including phenoxy) is 2. The maximum Gasteiger partial charge on any atom is 0.333 e. The Balaban J connectivity index is 2.26. The SMILES string of the molecule is C=C(C)C(=O)OCC1(CC)CO1. The van der Waals surface area contributed by atoms with E-state index in [0.717, 1.165) is 6.42 Å². The van der Waals surface area contributed by atoms with Crippen molar-refractivity contribution in [2.24, 2.45) is 0 Å². The molecular weight excluding hydrogens is 156 g/mol. The molecule has 1 unspecified atom stereocenters. The second-order valence-electron chi connectivity index (χ2n) is 3.18. The number of esters is 1. The lowest BCUT2D eigenvalue weighted by Crippen LogP contribution is -2.21. The molecule has 3 heteroatoms. The highest BCUT2D eigenvalue weighted by atomic mass is 16.6. The summed E-state index contributed by atoms with van der Waals surface area (Å²) in [6.07, 6.45) is 0.885. The number of rotatable bonds is 4. The lowest BCUT2D eigenvalue weighted by atomic mass is 10.1. The normalized spacial score (nSPS) is 26.5. The monoisotopic (exact) mass is 170 g/mol. The van der Waals surface area contributed by atoms with E-state index in [1.165, 1.54) is 0 Å². The van der Waals surface area contributed by atoms with Crippen LogP contribution in [0.2, 0.25) is 0 Å². The third kappa shape index (κ3) is 2.08. The summed E-state index contributed by atoms with van der Waals surface area (Å²) in [5, 5.41) is 0. The van der Waals surface area contributed by atoms with Crippen molar-refractivity contribution in [1.29, 1.82) is 0 Å². The third-order valence-electron chi connectivity index (χ3n) is 2.01. The molecule has 1 atom stereocenters. The van der Waals surface area contributed by atoms with Gasteiger partial charge in [0, 0.05) is 5.57 Å². The van der Waals surface area contributed by atoms with Crippen LogP contribution in [-0.4, -0.2) is 24.8 Å². The van der Waals surface area contributed by atoms with Gasteiger partial charge < -0.3 is 9.47 Å². The van der Waals surface area contributed by atoms with Gasteiger partial charge in [-0.1, -0.05) is 13.5 Å². The van der Waals surface area contributed by atoms with Crippen molar-refractivity contribution in [3.05, 3.63) is 12.2 Å². The molecule has 0 amide bonds. The Labute approximate surface area is 72.4 Å². The Kier molecular flexibility index (Phi) is 2.52. The molecule has 0 aromatic heterocycles. The van der Waals surface area contributed by atoms with Crippen LogP contribution in [0, 0.1) is 0 Å². The van der Waals surface area contributed by atoms with Crippen LogP contribution in [0.15, 0.2) is 12.2 Å². The van der Waals surface area contributed by atoms with Gasteiger partial charge in [-0.05, 0) is 13.3 Å². The highest BCUT2D eigenvalue weighted by molar-refractivity contribution is 5.86. The van der Waals surface area contributed by atoms with E-state index >= 15 is 0 Å². The van der Waals surface area contributed by atoms with E-state index in [-0.39, 0.29) is 11.6 Å². The van der Waals surface area contributed by atoms with Gasteiger partial charge in [0.05, 0.1) is 6.61 Å². The van der Waals surface area contributed by atoms with Gasteiger partial charge in [0.2, 0.25) is 0 Å². The molecule has 1 fully saturated rings. The Morgan fingerprint density at radius 1 is 1.75 bits per heavy atom. The fraction of sp³-hybridized carbons (Fsp3) is 0.667. The van der Waals surface area contributed by atoms with E-state index < -0.39 is 0 Å². The van der Waals surface area contributed by atoms with Crippen LogP contribution in [0.3, 0.4) is 0 Å². The number of epoxide rings is 1. The van der Waals surface area contributed by atoms with Crippen molar-refractivity contribution in [3.63, 3.8) is 0 Å². The molecular formula is C9H14O3. The van der Waals surface area contributed by atoms with E-state index in [2.05, 4.69) is 6.58 Å². The first kappa shape index (κ1) is 9.26. The molecule has 1 aliphatic heterocycles. The fourth-order valence-corrected chi connectivity index (χ4v) is 0.812. The summed E-state index contributed by atoms with van der Waals surface area (Å²) in [6, 6.07) is 0. The van der Waals surface area contributed by atoms with E-state index in [4.69, 9.17) is 9.47 Å². The highest BCUT2D eigenvalue weighted by Gasteiger charge is 2.44. The zero-order chi connectivity index (χ0) is 9.19. The van der Waals surface area contributed by atoms with Crippen LogP contribution < -0.4 is 0 Å². The molecule has 0 aromatic carbocycles. The molecule has 3 nitrogen and oxygen atoms in total. The van der Waals surface area contributed by atoms with Gasteiger partial charge in [-0.3, -0.25) is 0 Å². The molecule has 1 aliphatic rings. The largest absolute Gasteiger partial charge is 0.459 e. The van der Waals surface area contributed by atoms with Crippen LogP contribution in [0.25, 0.3) is 0 Å². The zero-order valence-corrected chi connectivity index (χ0v) is 7.55. The molecule has 0 spiro atoms. The minimum atomic E-state index is -0.335. The molecule has 0 radical (unpaired) electrons. The molecule has 0 N–H and O–H groups in total. The van der Waals surface area contributed by atoms with Gasteiger partial charge in [-0.2, -0.15) is 0 Å². The second kappa shape index (κ2) is 3.27. The smallest absolute Gasteiger partial charge is 0.333 e. The quantitative estimate of drug-likeness (QED) is 0.362. The van der Waals surface area contributed by atoms with Gasteiger partial charge in [0.1, 0.15) is 12.2 Å². The highest BCUT2D eigenvalue weighted by Crippen LogP contribution is 2.30. The number of carbonyl (C=O) groups is 1. The fourth-order valence-electron chi connectivity index (χ4n) is 0.812. The first-order valence-electron chi connectivity index (χ1n) is 4.06. The molecule has 0 bridgehead atoms. The van der Waals surface area contributed by atoms with Gasteiger partial charge >= 0.3 is 5.97 Å². The van der Waals surface area contributed by atoms with Crippen LogP contribution in [-0.2, 0) is 14.3 Å². The topological polar surface area (TPSA) is 38.8 Å². The maximum absolute atomic E-state index is 11.0. The van der Waals surface area contributed by atoms with Gasteiger partial charge in [-0.25, -0.2) is 4.79 Å². The molecule has 0 aromatic rings. The number of hydrogen-bond donors (Lipinski definition) is 0. The summed E-state index contributed by atoms with van der Waals surface area (Å²) in [5.41, 5.74) is 0.257. The summed E-state index contributed by atoms with van der Waals surface area (Å²) in [4.78, 5) is 11.0. The summed E-state index contributed by atoms with van der Waals surface area (Å²) < 4.78 is 10.1. The summed E-state index contributed by atoms with van der Waals surface area (Å²) in [7, 11) is 0. The van der Waals surface area contributed by atoms with Crippen molar-refractivity contribution in [3.8, 4) is 0 Å². The summed E-state index contributed by atoms with van der Waals surface area (Å²) >= 11 is 0. The van der Waals surface area contributed by atoms with E-state index in [9.17, 15) is 4.79 Å². The number of hydrogen-bond acceptors (Lipinski definition) is 3. The average molecular weight is 170 g/mol. The molecule has 68 valence electrons. The first-order chi connectivity index (χ1) is 5.59. The van der Waals surface area contributed by atoms with Crippen molar-refractivity contribution >= 4 is 5.97 Å². The first-order valence-corrected chi connectivity index (χ1v) is 4.06. The third-order valence-corrected chi connectivity index (χ3v) is 2.01.